The average Bonchev–Trinajstić information content (AvgIpc) is 3.29. The smallest absolute Gasteiger partial charge is 0.258 e. The van der Waals surface area contributed by atoms with E-state index in [9.17, 15) is 4.79 Å². The second kappa shape index (κ2) is 13.9. The zero-order valence-electron chi connectivity index (χ0n) is 23.1. The van der Waals surface area contributed by atoms with Gasteiger partial charge in [-0.3, -0.25) is 4.79 Å². The van der Waals surface area contributed by atoms with Crippen LogP contribution in [0.2, 0.25) is 0 Å². The molecule has 4 aromatic rings. The predicted octanol–water partition coefficient (Wildman–Crippen LogP) is 8.59. The summed E-state index contributed by atoms with van der Waals surface area (Å²) in [5, 5.41) is 3.17. The minimum Gasteiger partial charge on any atom is -0.353 e. The van der Waals surface area contributed by atoms with Crippen LogP contribution in [0.25, 0.3) is 22.4 Å². The molecule has 0 aliphatic rings. The second-order valence-corrected chi connectivity index (χ2v) is 10.9. The highest BCUT2D eigenvalue weighted by Gasteiger charge is 2.30. The van der Waals surface area contributed by atoms with Crippen molar-refractivity contribution in [1.29, 1.82) is 0 Å². The number of para-hydroxylation sites is 1. The van der Waals surface area contributed by atoms with Crippen LogP contribution in [-0.2, 0) is 16.0 Å². The van der Waals surface area contributed by atoms with Crippen LogP contribution in [-0.4, -0.2) is 30.0 Å². The standard InChI is InChI=1S/C33H37IN2O3/c1-5-38-28(39-6-2)21-22-36-31(23(3)4)30(33(37)35-27-15-11-8-12-16-27)29(24-13-9-7-10-14-24)32(36)25-17-19-26(34)20-18-25/h7-20,23,28H,5-6,21-22H2,1-4H3,(H,35,37). The highest BCUT2D eigenvalue weighted by atomic mass is 127. The van der Waals surface area contributed by atoms with E-state index < -0.39 is 0 Å². The molecule has 0 aliphatic heterocycles. The van der Waals surface area contributed by atoms with Crippen molar-refractivity contribution in [3.8, 4) is 22.4 Å². The zero-order chi connectivity index (χ0) is 27.8. The van der Waals surface area contributed by atoms with E-state index in [-0.39, 0.29) is 18.1 Å². The van der Waals surface area contributed by atoms with Gasteiger partial charge in [-0.2, -0.15) is 0 Å². The molecule has 3 aromatic carbocycles. The van der Waals surface area contributed by atoms with Crippen LogP contribution in [0.5, 0.6) is 0 Å². The summed E-state index contributed by atoms with van der Waals surface area (Å²) < 4.78 is 15.3. The second-order valence-electron chi connectivity index (χ2n) is 9.61. The summed E-state index contributed by atoms with van der Waals surface area (Å²) in [5.74, 6) is -0.0142. The van der Waals surface area contributed by atoms with Crippen LogP contribution < -0.4 is 5.32 Å². The van der Waals surface area contributed by atoms with Gasteiger partial charge in [0.2, 0.25) is 0 Å². The van der Waals surface area contributed by atoms with Crippen molar-refractivity contribution in [2.75, 3.05) is 18.5 Å². The topological polar surface area (TPSA) is 52.5 Å². The van der Waals surface area contributed by atoms with Gasteiger partial charge in [-0.15, -0.1) is 0 Å². The highest BCUT2D eigenvalue weighted by molar-refractivity contribution is 14.1. The Morgan fingerprint density at radius 2 is 1.44 bits per heavy atom. The lowest BCUT2D eigenvalue weighted by Crippen LogP contribution is -2.21. The summed E-state index contributed by atoms with van der Waals surface area (Å²) in [4.78, 5) is 14.2. The SMILES string of the molecule is CCOC(CCn1c(-c2ccc(I)cc2)c(-c2ccccc2)c(C(=O)Nc2ccccc2)c1C(C)C)OCC. The number of hydrogen-bond acceptors (Lipinski definition) is 3. The number of aromatic nitrogens is 1. The maximum Gasteiger partial charge on any atom is 0.258 e. The molecule has 0 fully saturated rings. The summed E-state index contributed by atoms with van der Waals surface area (Å²) in [6, 6.07) is 28.4. The van der Waals surface area contributed by atoms with Gasteiger partial charge in [0.25, 0.3) is 5.91 Å². The number of carbonyl (C=O) groups is 1. The van der Waals surface area contributed by atoms with Gasteiger partial charge in [0.1, 0.15) is 0 Å². The van der Waals surface area contributed by atoms with Gasteiger partial charge in [0, 0.05) is 46.7 Å². The zero-order valence-corrected chi connectivity index (χ0v) is 25.3. The monoisotopic (exact) mass is 636 g/mol. The normalized spacial score (nSPS) is 11.4. The molecule has 0 aliphatic carbocycles. The summed E-state index contributed by atoms with van der Waals surface area (Å²) in [7, 11) is 0. The van der Waals surface area contributed by atoms with E-state index in [1.807, 2.05) is 62.4 Å². The van der Waals surface area contributed by atoms with Gasteiger partial charge >= 0.3 is 0 Å². The lowest BCUT2D eigenvalue weighted by molar-refractivity contribution is -0.140. The molecule has 1 heterocycles. The van der Waals surface area contributed by atoms with Crippen molar-refractivity contribution < 1.29 is 14.3 Å². The summed E-state index contributed by atoms with van der Waals surface area (Å²) >= 11 is 2.33. The van der Waals surface area contributed by atoms with Crippen molar-refractivity contribution in [3.05, 3.63) is 99.8 Å². The third-order valence-electron chi connectivity index (χ3n) is 6.58. The first kappa shape index (κ1) is 29.1. The van der Waals surface area contributed by atoms with Gasteiger partial charge < -0.3 is 19.4 Å². The first-order valence-electron chi connectivity index (χ1n) is 13.6. The number of anilines is 1. The van der Waals surface area contributed by atoms with Gasteiger partial charge in [0.05, 0.1) is 11.3 Å². The molecular formula is C33H37IN2O3. The molecule has 0 atom stereocenters. The lowest BCUT2D eigenvalue weighted by Gasteiger charge is -2.21. The largest absolute Gasteiger partial charge is 0.353 e. The van der Waals surface area contributed by atoms with Crippen molar-refractivity contribution >= 4 is 34.2 Å². The number of rotatable bonds is 12. The quantitative estimate of drug-likeness (QED) is 0.125. The number of nitrogens with one attached hydrogen (secondary N) is 1. The molecule has 39 heavy (non-hydrogen) atoms. The number of ether oxygens (including phenoxy) is 2. The molecule has 0 bridgehead atoms. The molecule has 0 saturated carbocycles. The van der Waals surface area contributed by atoms with Crippen LogP contribution in [0.1, 0.15) is 56.1 Å². The lowest BCUT2D eigenvalue weighted by atomic mass is 9.94. The molecule has 204 valence electrons. The van der Waals surface area contributed by atoms with Crippen molar-refractivity contribution in [2.24, 2.45) is 0 Å². The number of carbonyl (C=O) groups excluding carboxylic acids is 1. The Kier molecular flexibility index (Phi) is 10.4. The molecule has 0 saturated heterocycles. The Bertz CT molecular complexity index is 1340. The minimum absolute atomic E-state index is 0.0965. The average molecular weight is 637 g/mol. The Morgan fingerprint density at radius 3 is 2.00 bits per heavy atom. The van der Waals surface area contributed by atoms with Crippen LogP contribution in [0.4, 0.5) is 5.69 Å². The molecule has 6 heteroatoms. The molecule has 1 amide bonds. The molecule has 1 N–H and O–H groups in total. The summed E-state index contributed by atoms with van der Waals surface area (Å²) in [6.45, 7) is 10.1. The first-order chi connectivity index (χ1) is 18.9. The number of hydrogen-bond donors (Lipinski definition) is 1. The van der Waals surface area contributed by atoms with E-state index in [0.29, 0.717) is 31.7 Å². The fourth-order valence-corrected chi connectivity index (χ4v) is 5.39. The van der Waals surface area contributed by atoms with Gasteiger partial charge in [0.15, 0.2) is 6.29 Å². The van der Waals surface area contributed by atoms with Crippen LogP contribution in [0.3, 0.4) is 0 Å². The summed E-state index contributed by atoms with van der Waals surface area (Å²) in [6.07, 6.45) is 0.357. The van der Waals surface area contributed by atoms with E-state index in [1.165, 1.54) is 0 Å². The Labute approximate surface area is 245 Å². The number of benzene rings is 3. The third-order valence-corrected chi connectivity index (χ3v) is 7.30. The predicted molar refractivity (Wildman–Crippen MR) is 168 cm³/mol. The van der Waals surface area contributed by atoms with Gasteiger partial charge in [-0.1, -0.05) is 74.5 Å². The molecule has 1 aromatic heterocycles. The Morgan fingerprint density at radius 1 is 0.846 bits per heavy atom. The van der Waals surface area contributed by atoms with Gasteiger partial charge in [-0.25, -0.2) is 0 Å². The summed E-state index contributed by atoms with van der Waals surface area (Å²) in [5.41, 5.74) is 6.54. The van der Waals surface area contributed by atoms with Crippen molar-refractivity contribution in [1.82, 2.24) is 4.57 Å². The maximum atomic E-state index is 14.2. The van der Waals surface area contributed by atoms with Gasteiger partial charge in [-0.05, 0) is 77.7 Å². The number of amides is 1. The van der Waals surface area contributed by atoms with E-state index in [0.717, 1.165) is 37.3 Å². The van der Waals surface area contributed by atoms with E-state index in [2.05, 4.69) is 82.7 Å². The highest BCUT2D eigenvalue weighted by Crippen LogP contribution is 2.42. The van der Waals surface area contributed by atoms with Crippen LogP contribution >= 0.6 is 22.6 Å². The Balaban J connectivity index is 1.97. The molecular weight excluding hydrogens is 599 g/mol. The van der Waals surface area contributed by atoms with E-state index in [4.69, 9.17) is 9.47 Å². The molecule has 4 rings (SSSR count). The fraction of sp³-hybridized carbons (Fsp3) is 0.303. The third kappa shape index (κ3) is 6.99. The van der Waals surface area contributed by atoms with Crippen molar-refractivity contribution in [2.45, 2.75) is 52.9 Å². The first-order valence-corrected chi connectivity index (χ1v) is 14.7. The minimum atomic E-state index is -0.311. The molecule has 0 spiro atoms. The Hall–Kier alpha value is -2.94. The molecule has 0 radical (unpaired) electrons. The molecule has 5 nitrogen and oxygen atoms in total. The van der Waals surface area contributed by atoms with Crippen molar-refractivity contribution in [3.63, 3.8) is 0 Å². The van der Waals surface area contributed by atoms with E-state index >= 15 is 0 Å². The number of halogens is 1. The van der Waals surface area contributed by atoms with E-state index in [1.54, 1.807) is 0 Å². The van der Waals surface area contributed by atoms with Crippen LogP contribution in [0.15, 0.2) is 84.9 Å². The fourth-order valence-electron chi connectivity index (χ4n) is 5.03. The number of nitrogens with zero attached hydrogens (tertiary/aromatic N) is 1. The maximum absolute atomic E-state index is 14.2. The molecule has 0 unspecified atom stereocenters. The van der Waals surface area contributed by atoms with Crippen LogP contribution in [0, 0.1) is 3.57 Å².